The Kier molecular flexibility index (Phi) is 3.93. The van der Waals surface area contributed by atoms with Crippen molar-refractivity contribution in [2.45, 2.75) is 18.3 Å². The van der Waals surface area contributed by atoms with Gasteiger partial charge in [0.25, 0.3) is 0 Å². The minimum Gasteiger partial charge on any atom is -0.480 e. The number of rotatable bonds is 6. The van der Waals surface area contributed by atoms with Crippen LogP contribution in [0.25, 0.3) is 0 Å². The normalized spacial score (nSPS) is 15.3. The summed E-state index contributed by atoms with van der Waals surface area (Å²) >= 11 is 0. The summed E-state index contributed by atoms with van der Waals surface area (Å²) in [6, 6.07) is 5.39. The molecule has 1 aliphatic carbocycles. The van der Waals surface area contributed by atoms with Gasteiger partial charge < -0.3 is 15.1 Å². The number of carbonyl (C=O) groups excluding carboxylic acids is 1. The topological polar surface area (TPSA) is 94.9 Å². The van der Waals surface area contributed by atoms with Crippen LogP contribution in [0.15, 0.2) is 24.3 Å². The van der Waals surface area contributed by atoms with Gasteiger partial charge in [-0.1, -0.05) is 12.1 Å². The Hall–Kier alpha value is -2.44. The first-order valence-electron chi connectivity index (χ1n) is 6.34. The van der Waals surface area contributed by atoms with Crippen LogP contribution in [0.4, 0.5) is 4.39 Å². The van der Waals surface area contributed by atoms with E-state index >= 15 is 0 Å². The third-order valence-electron chi connectivity index (χ3n) is 3.50. The van der Waals surface area contributed by atoms with Gasteiger partial charge in [-0.25, -0.2) is 4.39 Å². The van der Waals surface area contributed by atoms with Gasteiger partial charge in [-0.3, -0.25) is 14.4 Å². The highest BCUT2D eigenvalue weighted by molar-refractivity contribution is 5.94. The lowest BCUT2D eigenvalue weighted by molar-refractivity contribution is -0.150. The van der Waals surface area contributed by atoms with Crippen molar-refractivity contribution in [1.82, 2.24) is 4.90 Å². The monoisotopic (exact) mass is 295 g/mol. The molecule has 1 aromatic rings. The van der Waals surface area contributed by atoms with E-state index in [1.165, 1.54) is 24.3 Å². The molecule has 2 N–H and O–H groups in total. The highest BCUT2D eigenvalue weighted by atomic mass is 19.1. The van der Waals surface area contributed by atoms with E-state index in [1.54, 1.807) is 0 Å². The van der Waals surface area contributed by atoms with E-state index < -0.39 is 42.2 Å². The van der Waals surface area contributed by atoms with Gasteiger partial charge in [-0.2, -0.15) is 0 Å². The van der Waals surface area contributed by atoms with E-state index in [9.17, 15) is 18.8 Å². The molecule has 21 heavy (non-hydrogen) atoms. The molecule has 1 amide bonds. The minimum atomic E-state index is -1.28. The zero-order chi connectivity index (χ0) is 15.6. The summed E-state index contributed by atoms with van der Waals surface area (Å²) in [6.45, 7) is -1.35. The summed E-state index contributed by atoms with van der Waals surface area (Å²) in [5.41, 5.74) is -0.340. The van der Waals surface area contributed by atoms with Crippen molar-refractivity contribution >= 4 is 17.8 Å². The first-order chi connectivity index (χ1) is 9.85. The largest absolute Gasteiger partial charge is 0.480 e. The Balaban J connectivity index is 2.24. The van der Waals surface area contributed by atoms with E-state index in [2.05, 4.69) is 0 Å². The molecule has 1 fully saturated rings. The number of carbonyl (C=O) groups is 3. The van der Waals surface area contributed by atoms with Crippen LogP contribution in [0.5, 0.6) is 0 Å². The fraction of sp³-hybridized carbons (Fsp3) is 0.357. The zero-order valence-corrected chi connectivity index (χ0v) is 11.1. The molecular weight excluding hydrogens is 281 g/mol. The first kappa shape index (κ1) is 15.0. The number of aliphatic carboxylic acids is 2. The maximum atomic E-state index is 12.9. The van der Waals surface area contributed by atoms with Gasteiger partial charge in [0.15, 0.2) is 0 Å². The second kappa shape index (κ2) is 5.51. The van der Waals surface area contributed by atoms with E-state index in [0.29, 0.717) is 18.4 Å². The Labute approximate surface area is 119 Å². The lowest BCUT2D eigenvalue weighted by atomic mass is 9.94. The molecule has 0 radical (unpaired) electrons. The Bertz CT molecular complexity index is 564. The molecule has 0 bridgehead atoms. The average Bonchev–Trinajstić information content (AvgIpc) is 3.18. The van der Waals surface area contributed by atoms with Crippen molar-refractivity contribution in [2.24, 2.45) is 0 Å². The summed E-state index contributed by atoms with van der Waals surface area (Å²) < 4.78 is 12.9. The number of carboxylic acid groups (broad SMARTS) is 2. The van der Waals surface area contributed by atoms with Crippen LogP contribution in [0.3, 0.4) is 0 Å². The van der Waals surface area contributed by atoms with Gasteiger partial charge in [-0.15, -0.1) is 0 Å². The van der Waals surface area contributed by atoms with E-state index in [4.69, 9.17) is 10.2 Å². The standard InChI is InChI=1S/C14H14FNO5/c15-10-3-1-9(2-4-10)14(5-6-14)13(21)16(7-11(17)18)8-12(19)20/h1-4H,5-8H2,(H,17,18)(H,19,20). The molecule has 0 aromatic heterocycles. The number of halogens is 1. The highest BCUT2D eigenvalue weighted by Gasteiger charge is 2.53. The number of benzene rings is 1. The van der Waals surface area contributed by atoms with Crippen molar-refractivity contribution < 1.29 is 29.0 Å². The van der Waals surface area contributed by atoms with Crippen molar-refractivity contribution in [1.29, 1.82) is 0 Å². The van der Waals surface area contributed by atoms with Gasteiger partial charge in [0.05, 0.1) is 5.41 Å². The molecule has 0 unspecified atom stereocenters. The van der Waals surface area contributed by atoms with Crippen LogP contribution in [-0.4, -0.2) is 46.0 Å². The van der Waals surface area contributed by atoms with Crippen LogP contribution in [-0.2, 0) is 19.8 Å². The number of nitrogens with zero attached hydrogens (tertiary/aromatic N) is 1. The molecule has 7 heteroatoms. The maximum absolute atomic E-state index is 12.9. The SMILES string of the molecule is O=C(O)CN(CC(=O)O)C(=O)C1(c2ccc(F)cc2)CC1. The van der Waals surface area contributed by atoms with E-state index in [1.807, 2.05) is 0 Å². The van der Waals surface area contributed by atoms with Gasteiger partial charge in [-0.05, 0) is 30.5 Å². The van der Waals surface area contributed by atoms with E-state index in [0.717, 1.165) is 4.90 Å². The molecule has 1 aliphatic rings. The maximum Gasteiger partial charge on any atom is 0.323 e. The quantitative estimate of drug-likeness (QED) is 0.811. The lowest BCUT2D eigenvalue weighted by Gasteiger charge is -2.24. The number of carboxylic acids is 2. The first-order valence-corrected chi connectivity index (χ1v) is 6.34. The molecule has 0 saturated heterocycles. The molecular formula is C14H14FNO5. The average molecular weight is 295 g/mol. The molecule has 0 spiro atoms. The Morgan fingerprint density at radius 1 is 1.05 bits per heavy atom. The minimum absolute atomic E-state index is 0.435. The van der Waals surface area contributed by atoms with E-state index in [-0.39, 0.29) is 0 Å². The van der Waals surface area contributed by atoms with Gasteiger partial charge in [0, 0.05) is 0 Å². The Morgan fingerprint density at radius 2 is 1.52 bits per heavy atom. The van der Waals surface area contributed by atoms with Crippen molar-refractivity contribution in [2.75, 3.05) is 13.1 Å². The summed E-state index contributed by atoms with van der Waals surface area (Å²) in [4.78, 5) is 34.9. The third-order valence-corrected chi connectivity index (χ3v) is 3.50. The summed E-state index contributed by atoms with van der Waals surface area (Å²) in [5, 5.41) is 17.6. The predicted octanol–water partition coefficient (Wildman–Crippen LogP) is 0.855. The zero-order valence-electron chi connectivity index (χ0n) is 11.1. The Morgan fingerprint density at radius 3 is 1.90 bits per heavy atom. The molecule has 2 rings (SSSR count). The molecule has 1 saturated carbocycles. The molecule has 1 aromatic carbocycles. The van der Waals surface area contributed by atoms with Crippen LogP contribution < -0.4 is 0 Å². The van der Waals surface area contributed by atoms with Gasteiger partial charge >= 0.3 is 11.9 Å². The summed E-state index contributed by atoms with van der Waals surface area (Å²) in [7, 11) is 0. The second-order valence-electron chi connectivity index (χ2n) is 5.04. The number of amides is 1. The van der Waals surface area contributed by atoms with Crippen LogP contribution >= 0.6 is 0 Å². The van der Waals surface area contributed by atoms with Gasteiger partial charge in [0.1, 0.15) is 18.9 Å². The summed E-state index contributed by atoms with van der Waals surface area (Å²) in [5.74, 6) is -3.53. The number of hydrogen-bond acceptors (Lipinski definition) is 3. The lowest BCUT2D eigenvalue weighted by Crippen LogP contribution is -2.44. The summed E-state index contributed by atoms with van der Waals surface area (Å²) in [6.07, 6.45) is 0.987. The van der Waals surface area contributed by atoms with Crippen LogP contribution in [0.1, 0.15) is 18.4 Å². The van der Waals surface area contributed by atoms with Gasteiger partial charge in [0.2, 0.25) is 5.91 Å². The van der Waals surface area contributed by atoms with Crippen LogP contribution in [0.2, 0.25) is 0 Å². The van der Waals surface area contributed by atoms with Crippen LogP contribution in [0, 0.1) is 5.82 Å². The highest BCUT2D eigenvalue weighted by Crippen LogP contribution is 2.49. The number of hydrogen-bond donors (Lipinski definition) is 2. The van der Waals surface area contributed by atoms with Crippen molar-refractivity contribution in [3.63, 3.8) is 0 Å². The molecule has 0 heterocycles. The smallest absolute Gasteiger partial charge is 0.323 e. The second-order valence-corrected chi connectivity index (χ2v) is 5.04. The third kappa shape index (κ3) is 3.18. The fourth-order valence-corrected chi connectivity index (χ4v) is 2.35. The fourth-order valence-electron chi connectivity index (χ4n) is 2.35. The molecule has 112 valence electrons. The van der Waals surface area contributed by atoms with Crippen molar-refractivity contribution in [3.8, 4) is 0 Å². The molecule has 6 nitrogen and oxygen atoms in total. The molecule has 0 aliphatic heterocycles. The van der Waals surface area contributed by atoms with Crippen molar-refractivity contribution in [3.05, 3.63) is 35.6 Å². The molecule has 0 atom stereocenters. The predicted molar refractivity (Wildman–Crippen MR) is 69.2 cm³/mol.